The Morgan fingerprint density at radius 1 is 1.35 bits per heavy atom. The van der Waals surface area contributed by atoms with Gasteiger partial charge in [-0.2, -0.15) is 0 Å². The quantitative estimate of drug-likeness (QED) is 0.784. The van der Waals surface area contributed by atoms with Crippen molar-refractivity contribution in [1.29, 1.82) is 0 Å². The highest BCUT2D eigenvalue weighted by atomic mass is 35.5. The van der Waals surface area contributed by atoms with Gasteiger partial charge in [0.05, 0.1) is 6.61 Å². The highest BCUT2D eigenvalue weighted by Gasteiger charge is 2.43. The lowest BCUT2D eigenvalue weighted by Crippen LogP contribution is -2.57. The van der Waals surface area contributed by atoms with E-state index in [0.29, 0.717) is 18.2 Å². The third kappa shape index (κ3) is 3.40. The zero-order valence-corrected chi connectivity index (χ0v) is 11.4. The van der Waals surface area contributed by atoms with E-state index in [9.17, 15) is 14.7 Å². The van der Waals surface area contributed by atoms with Gasteiger partial charge in [0.15, 0.2) is 5.54 Å². The smallest absolute Gasteiger partial charge is 0.332 e. The molecule has 1 aromatic carbocycles. The van der Waals surface area contributed by atoms with Crippen molar-refractivity contribution in [1.82, 2.24) is 10.6 Å². The van der Waals surface area contributed by atoms with Crippen LogP contribution in [0.3, 0.4) is 0 Å². The predicted molar refractivity (Wildman–Crippen MR) is 72.6 cm³/mol. The number of carbonyl (C=O) groups is 2. The van der Waals surface area contributed by atoms with Crippen LogP contribution in [0.4, 0.5) is 4.79 Å². The van der Waals surface area contributed by atoms with Crippen molar-refractivity contribution < 1.29 is 19.4 Å². The van der Waals surface area contributed by atoms with Gasteiger partial charge in [-0.25, -0.2) is 9.59 Å². The van der Waals surface area contributed by atoms with E-state index in [1.54, 1.807) is 24.3 Å². The molecular weight excluding hydrogens is 284 g/mol. The number of urea groups is 1. The predicted octanol–water partition coefficient (Wildman–Crippen LogP) is 1.38. The molecule has 1 heterocycles. The van der Waals surface area contributed by atoms with Crippen molar-refractivity contribution in [3.8, 4) is 0 Å². The third-order valence-electron chi connectivity index (χ3n) is 3.15. The first-order chi connectivity index (χ1) is 9.52. The Morgan fingerprint density at radius 2 is 2.05 bits per heavy atom. The topological polar surface area (TPSA) is 87.7 Å². The molecule has 0 spiro atoms. The normalized spacial score (nSPS) is 21.4. The first-order valence-corrected chi connectivity index (χ1v) is 6.51. The molecule has 3 N–H and O–H groups in total. The first-order valence-electron chi connectivity index (χ1n) is 6.13. The number of benzene rings is 1. The second-order valence-electron chi connectivity index (χ2n) is 4.62. The Morgan fingerprint density at radius 3 is 2.60 bits per heavy atom. The molecule has 2 rings (SSSR count). The monoisotopic (exact) mass is 298 g/mol. The summed E-state index contributed by atoms with van der Waals surface area (Å²) < 4.78 is 5.06. The van der Waals surface area contributed by atoms with Gasteiger partial charge < -0.3 is 20.5 Å². The van der Waals surface area contributed by atoms with Gasteiger partial charge in [0.25, 0.3) is 0 Å². The van der Waals surface area contributed by atoms with Gasteiger partial charge in [0.2, 0.25) is 0 Å². The largest absolute Gasteiger partial charge is 0.479 e. The Hall–Kier alpha value is -1.79. The van der Waals surface area contributed by atoms with Crippen LogP contribution in [0.25, 0.3) is 0 Å². The molecule has 0 saturated carbocycles. The molecule has 1 aliphatic heterocycles. The number of carboxylic acid groups (broad SMARTS) is 1. The molecule has 20 heavy (non-hydrogen) atoms. The Kier molecular flexibility index (Phi) is 4.46. The number of nitrogens with one attached hydrogen (secondary N) is 2. The third-order valence-corrected chi connectivity index (χ3v) is 3.40. The number of aliphatic carboxylic acids is 1. The van der Waals surface area contributed by atoms with Crippen LogP contribution < -0.4 is 10.6 Å². The SMILES string of the molecule is O=C(NCc1ccc(Cl)cc1)NC1(C(=O)O)CCOC1. The molecule has 0 bridgehead atoms. The molecule has 1 fully saturated rings. The minimum atomic E-state index is -1.33. The van der Waals surface area contributed by atoms with Crippen LogP contribution >= 0.6 is 11.6 Å². The minimum Gasteiger partial charge on any atom is -0.479 e. The number of hydrogen-bond acceptors (Lipinski definition) is 3. The fourth-order valence-corrected chi connectivity index (χ4v) is 2.06. The Bertz CT molecular complexity index is 498. The van der Waals surface area contributed by atoms with E-state index >= 15 is 0 Å². The summed E-state index contributed by atoms with van der Waals surface area (Å²) in [6.07, 6.45) is 0.261. The van der Waals surface area contributed by atoms with Crippen molar-refractivity contribution >= 4 is 23.6 Å². The van der Waals surface area contributed by atoms with Gasteiger partial charge in [-0.05, 0) is 17.7 Å². The van der Waals surface area contributed by atoms with Crippen molar-refractivity contribution in [3.63, 3.8) is 0 Å². The maximum atomic E-state index is 11.8. The average molecular weight is 299 g/mol. The van der Waals surface area contributed by atoms with Crippen molar-refractivity contribution in [2.24, 2.45) is 0 Å². The van der Waals surface area contributed by atoms with Crippen LogP contribution in [0.5, 0.6) is 0 Å². The van der Waals surface area contributed by atoms with Crippen molar-refractivity contribution in [2.45, 2.75) is 18.5 Å². The molecule has 1 saturated heterocycles. The van der Waals surface area contributed by atoms with E-state index in [2.05, 4.69) is 10.6 Å². The summed E-state index contributed by atoms with van der Waals surface area (Å²) in [5.41, 5.74) is -0.457. The summed E-state index contributed by atoms with van der Waals surface area (Å²) in [7, 11) is 0. The highest BCUT2D eigenvalue weighted by molar-refractivity contribution is 6.30. The lowest BCUT2D eigenvalue weighted by atomic mass is 9.99. The maximum absolute atomic E-state index is 11.8. The number of amides is 2. The number of hydrogen-bond donors (Lipinski definition) is 3. The van der Waals surface area contributed by atoms with E-state index in [1.807, 2.05) is 0 Å². The molecule has 6 nitrogen and oxygen atoms in total. The van der Waals surface area contributed by atoms with Crippen molar-refractivity contribution in [2.75, 3.05) is 13.2 Å². The fourth-order valence-electron chi connectivity index (χ4n) is 1.93. The molecule has 1 unspecified atom stereocenters. The summed E-state index contributed by atoms with van der Waals surface area (Å²) in [5, 5.41) is 14.9. The highest BCUT2D eigenvalue weighted by Crippen LogP contribution is 2.18. The lowest BCUT2D eigenvalue weighted by molar-refractivity contribution is -0.144. The number of carbonyl (C=O) groups excluding carboxylic acids is 1. The first kappa shape index (κ1) is 14.6. The Labute approximate surface area is 121 Å². The van der Waals surface area contributed by atoms with Crippen LogP contribution in [0.2, 0.25) is 5.02 Å². The molecule has 0 aromatic heterocycles. The van der Waals surface area contributed by atoms with Crippen LogP contribution in [0, 0.1) is 0 Å². The molecule has 7 heteroatoms. The molecule has 1 aliphatic rings. The minimum absolute atomic E-state index is 0.0172. The summed E-state index contributed by atoms with van der Waals surface area (Å²) in [6.45, 7) is 0.597. The molecule has 108 valence electrons. The molecule has 0 radical (unpaired) electrons. The average Bonchev–Trinajstić information content (AvgIpc) is 2.88. The summed E-state index contributed by atoms with van der Waals surface area (Å²) in [5.74, 6) is -1.09. The van der Waals surface area contributed by atoms with Gasteiger partial charge in [0.1, 0.15) is 0 Å². The molecular formula is C13H15ClN2O4. The van der Waals surface area contributed by atoms with E-state index in [0.717, 1.165) is 5.56 Å². The lowest BCUT2D eigenvalue weighted by Gasteiger charge is -2.23. The van der Waals surface area contributed by atoms with E-state index in [1.165, 1.54) is 0 Å². The second-order valence-corrected chi connectivity index (χ2v) is 5.06. The van der Waals surface area contributed by atoms with E-state index in [4.69, 9.17) is 16.3 Å². The van der Waals surface area contributed by atoms with Gasteiger partial charge >= 0.3 is 12.0 Å². The summed E-state index contributed by atoms with van der Waals surface area (Å²) >= 11 is 5.76. The zero-order valence-electron chi connectivity index (χ0n) is 10.7. The molecule has 1 aromatic rings. The summed E-state index contributed by atoms with van der Waals surface area (Å²) in [4.78, 5) is 23.0. The molecule has 2 amide bonds. The van der Waals surface area contributed by atoms with Crippen LogP contribution in [0.1, 0.15) is 12.0 Å². The summed E-state index contributed by atoms with van der Waals surface area (Å²) in [6, 6.07) is 6.48. The zero-order chi connectivity index (χ0) is 14.6. The van der Waals surface area contributed by atoms with Gasteiger partial charge in [-0.15, -0.1) is 0 Å². The standard InChI is InChI=1S/C13H15ClN2O4/c14-10-3-1-9(2-4-10)7-15-12(19)16-13(11(17)18)5-6-20-8-13/h1-4H,5-8H2,(H,17,18)(H2,15,16,19). The number of carboxylic acids is 1. The number of ether oxygens (including phenoxy) is 1. The van der Waals surface area contributed by atoms with Crippen LogP contribution in [0.15, 0.2) is 24.3 Å². The Balaban J connectivity index is 1.89. The second kappa shape index (κ2) is 6.11. The van der Waals surface area contributed by atoms with Crippen LogP contribution in [-0.4, -0.2) is 35.9 Å². The molecule has 1 atom stereocenters. The number of rotatable bonds is 4. The van der Waals surface area contributed by atoms with Crippen molar-refractivity contribution in [3.05, 3.63) is 34.9 Å². The maximum Gasteiger partial charge on any atom is 0.332 e. The molecule has 0 aliphatic carbocycles. The van der Waals surface area contributed by atoms with E-state index in [-0.39, 0.29) is 13.0 Å². The van der Waals surface area contributed by atoms with E-state index < -0.39 is 17.5 Å². The van der Waals surface area contributed by atoms with Gasteiger partial charge in [-0.3, -0.25) is 0 Å². The van der Waals surface area contributed by atoms with Gasteiger partial charge in [-0.1, -0.05) is 23.7 Å². The van der Waals surface area contributed by atoms with Crippen LogP contribution in [-0.2, 0) is 16.1 Å². The van der Waals surface area contributed by atoms with Gasteiger partial charge in [0, 0.05) is 24.6 Å². The fraction of sp³-hybridized carbons (Fsp3) is 0.385. The number of halogens is 1.